The molecule has 0 bridgehead atoms. The van der Waals surface area contributed by atoms with Crippen molar-refractivity contribution >= 4 is 16.7 Å². The fourth-order valence-electron chi connectivity index (χ4n) is 2.26. The van der Waals surface area contributed by atoms with Crippen molar-refractivity contribution in [2.75, 3.05) is 13.1 Å². The highest BCUT2D eigenvalue weighted by Gasteiger charge is 2.10. The Balaban J connectivity index is 1.84. The molecule has 0 fully saturated rings. The summed E-state index contributed by atoms with van der Waals surface area (Å²) in [5.41, 5.74) is 1.28. The zero-order chi connectivity index (χ0) is 12.4. The van der Waals surface area contributed by atoms with Gasteiger partial charge < -0.3 is 10.6 Å². The summed E-state index contributed by atoms with van der Waals surface area (Å²) in [6, 6.07) is 15.3. The van der Waals surface area contributed by atoms with E-state index in [1.807, 2.05) is 0 Å². The highest BCUT2D eigenvalue weighted by atomic mass is 15.2. The molecular weight excluding hydrogens is 222 g/mol. The Kier molecular flexibility index (Phi) is 2.89. The summed E-state index contributed by atoms with van der Waals surface area (Å²) < 4.78 is 0. The van der Waals surface area contributed by atoms with Crippen molar-refractivity contribution in [2.45, 2.75) is 13.0 Å². The lowest BCUT2D eigenvalue weighted by atomic mass is 10.0. The number of nitrogens with one attached hydrogen (secondary N) is 2. The molecule has 1 atom stereocenters. The number of benzene rings is 2. The van der Waals surface area contributed by atoms with Crippen molar-refractivity contribution in [3.63, 3.8) is 0 Å². The van der Waals surface area contributed by atoms with E-state index in [1.54, 1.807) is 0 Å². The highest BCUT2D eigenvalue weighted by molar-refractivity contribution is 5.84. The molecule has 0 radical (unpaired) electrons. The van der Waals surface area contributed by atoms with Gasteiger partial charge in [-0.25, -0.2) is 0 Å². The molecule has 92 valence electrons. The van der Waals surface area contributed by atoms with E-state index in [9.17, 15) is 0 Å². The molecule has 2 N–H and O–H groups in total. The van der Waals surface area contributed by atoms with Gasteiger partial charge in [-0.05, 0) is 29.3 Å². The minimum Gasteiger partial charge on any atom is -0.355 e. The van der Waals surface area contributed by atoms with Crippen LogP contribution in [0, 0.1) is 0 Å². The maximum atomic E-state index is 4.36. The van der Waals surface area contributed by atoms with Gasteiger partial charge in [0.1, 0.15) is 0 Å². The van der Waals surface area contributed by atoms with Gasteiger partial charge in [-0.1, -0.05) is 36.4 Å². The van der Waals surface area contributed by atoms with Crippen LogP contribution in [0.5, 0.6) is 0 Å². The molecule has 0 unspecified atom stereocenters. The zero-order valence-corrected chi connectivity index (χ0v) is 10.5. The first-order valence-corrected chi connectivity index (χ1v) is 6.36. The molecule has 3 nitrogen and oxygen atoms in total. The second kappa shape index (κ2) is 4.69. The van der Waals surface area contributed by atoms with Gasteiger partial charge in [0.05, 0.1) is 12.6 Å². The van der Waals surface area contributed by atoms with Gasteiger partial charge >= 0.3 is 0 Å². The van der Waals surface area contributed by atoms with Gasteiger partial charge in [-0.2, -0.15) is 0 Å². The first kappa shape index (κ1) is 11.1. The summed E-state index contributed by atoms with van der Waals surface area (Å²) in [7, 11) is 0. The summed E-state index contributed by atoms with van der Waals surface area (Å²) >= 11 is 0. The van der Waals surface area contributed by atoms with E-state index in [1.165, 1.54) is 16.3 Å². The second-order valence-electron chi connectivity index (χ2n) is 4.63. The van der Waals surface area contributed by atoms with Gasteiger partial charge in [0.15, 0.2) is 5.96 Å². The topological polar surface area (TPSA) is 36.4 Å². The number of aliphatic imine (C=N–C) groups is 1. The van der Waals surface area contributed by atoms with Crippen LogP contribution in [0.2, 0.25) is 0 Å². The SMILES string of the molecule is C[C@@H](NC1=NCCN1)c1ccc2ccccc2c1. The Bertz CT molecular complexity index is 589. The van der Waals surface area contributed by atoms with Gasteiger partial charge in [-0.3, -0.25) is 4.99 Å². The third-order valence-electron chi connectivity index (χ3n) is 3.30. The zero-order valence-electron chi connectivity index (χ0n) is 10.5. The summed E-state index contributed by atoms with van der Waals surface area (Å²) in [5, 5.41) is 9.20. The summed E-state index contributed by atoms with van der Waals surface area (Å²) in [6.45, 7) is 3.96. The van der Waals surface area contributed by atoms with Gasteiger partial charge in [0.25, 0.3) is 0 Å². The number of fused-ring (bicyclic) bond motifs is 1. The molecule has 0 spiro atoms. The van der Waals surface area contributed by atoms with Crippen molar-refractivity contribution in [3.8, 4) is 0 Å². The van der Waals surface area contributed by atoms with E-state index in [4.69, 9.17) is 0 Å². The maximum absolute atomic E-state index is 4.36. The van der Waals surface area contributed by atoms with Crippen LogP contribution in [0.3, 0.4) is 0 Å². The van der Waals surface area contributed by atoms with E-state index < -0.39 is 0 Å². The minimum atomic E-state index is 0.263. The van der Waals surface area contributed by atoms with Crippen molar-refractivity contribution in [3.05, 3.63) is 48.0 Å². The number of hydrogen-bond acceptors (Lipinski definition) is 3. The summed E-state index contributed by atoms with van der Waals surface area (Å²) in [4.78, 5) is 4.36. The minimum absolute atomic E-state index is 0.263. The average Bonchev–Trinajstić information content (AvgIpc) is 2.91. The van der Waals surface area contributed by atoms with Gasteiger partial charge in [0, 0.05) is 6.54 Å². The van der Waals surface area contributed by atoms with E-state index in [0.29, 0.717) is 0 Å². The van der Waals surface area contributed by atoms with E-state index in [2.05, 4.69) is 65.0 Å². The Labute approximate surface area is 107 Å². The molecule has 0 amide bonds. The largest absolute Gasteiger partial charge is 0.355 e. The monoisotopic (exact) mass is 239 g/mol. The molecule has 1 aliphatic heterocycles. The molecule has 0 aliphatic carbocycles. The van der Waals surface area contributed by atoms with Crippen LogP contribution in [0.1, 0.15) is 18.5 Å². The Morgan fingerprint density at radius 3 is 2.78 bits per heavy atom. The number of rotatable bonds is 2. The molecule has 1 heterocycles. The molecule has 1 aliphatic rings. The van der Waals surface area contributed by atoms with Crippen molar-refractivity contribution in [1.82, 2.24) is 10.6 Å². The normalized spacial score (nSPS) is 16.2. The van der Waals surface area contributed by atoms with Gasteiger partial charge in [0.2, 0.25) is 0 Å². The van der Waals surface area contributed by atoms with Crippen LogP contribution < -0.4 is 10.6 Å². The van der Waals surface area contributed by atoms with Crippen LogP contribution in [0.4, 0.5) is 0 Å². The number of guanidine groups is 1. The summed E-state index contributed by atoms with van der Waals surface area (Å²) in [5.74, 6) is 0.913. The van der Waals surface area contributed by atoms with E-state index in [0.717, 1.165) is 19.0 Å². The molecule has 0 saturated carbocycles. The fraction of sp³-hybridized carbons (Fsp3) is 0.267. The van der Waals surface area contributed by atoms with E-state index >= 15 is 0 Å². The third-order valence-corrected chi connectivity index (χ3v) is 3.30. The second-order valence-corrected chi connectivity index (χ2v) is 4.63. The average molecular weight is 239 g/mol. The van der Waals surface area contributed by atoms with Crippen LogP contribution in [-0.4, -0.2) is 19.0 Å². The molecule has 0 saturated heterocycles. The molecule has 2 aromatic rings. The number of hydrogen-bond donors (Lipinski definition) is 2. The van der Waals surface area contributed by atoms with Crippen molar-refractivity contribution < 1.29 is 0 Å². The first-order valence-electron chi connectivity index (χ1n) is 6.36. The molecule has 3 rings (SSSR count). The van der Waals surface area contributed by atoms with Crippen LogP contribution in [0.15, 0.2) is 47.5 Å². The Hall–Kier alpha value is -2.03. The predicted octanol–water partition coefficient (Wildman–Crippen LogP) is 2.45. The standard InChI is InChI=1S/C15H17N3/c1-11(18-15-16-8-9-17-15)13-7-6-12-4-2-3-5-14(12)10-13/h2-7,10-11H,8-9H2,1H3,(H2,16,17,18)/t11-/m1/s1. The lowest BCUT2D eigenvalue weighted by Gasteiger charge is -2.16. The molecule has 3 heteroatoms. The molecule has 2 aromatic carbocycles. The lowest BCUT2D eigenvalue weighted by molar-refractivity contribution is 0.703. The van der Waals surface area contributed by atoms with Gasteiger partial charge in [-0.15, -0.1) is 0 Å². The highest BCUT2D eigenvalue weighted by Crippen LogP contribution is 2.20. The molecule has 0 aromatic heterocycles. The predicted molar refractivity (Wildman–Crippen MR) is 75.8 cm³/mol. The Morgan fingerprint density at radius 2 is 2.00 bits per heavy atom. The molecular formula is C15H17N3. The third kappa shape index (κ3) is 2.16. The van der Waals surface area contributed by atoms with Crippen LogP contribution in [0.25, 0.3) is 10.8 Å². The van der Waals surface area contributed by atoms with Crippen molar-refractivity contribution in [2.24, 2.45) is 4.99 Å². The first-order chi connectivity index (χ1) is 8.83. The smallest absolute Gasteiger partial charge is 0.191 e. The van der Waals surface area contributed by atoms with E-state index in [-0.39, 0.29) is 6.04 Å². The fourth-order valence-corrected chi connectivity index (χ4v) is 2.26. The van der Waals surface area contributed by atoms with Crippen LogP contribution >= 0.6 is 0 Å². The quantitative estimate of drug-likeness (QED) is 0.844. The Morgan fingerprint density at radius 1 is 1.17 bits per heavy atom. The number of nitrogens with zero attached hydrogens (tertiary/aromatic N) is 1. The lowest BCUT2D eigenvalue weighted by Crippen LogP contribution is -2.35. The summed E-state index contributed by atoms with van der Waals surface area (Å²) in [6.07, 6.45) is 0. The van der Waals surface area contributed by atoms with Crippen LogP contribution in [-0.2, 0) is 0 Å². The van der Waals surface area contributed by atoms with Crippen molar-refractivity contribution in [1.29, 1.82) is 0 Å². The maximum Gasteiger partial charge on any atom is 0.191 e. The molecule has 18 heavy (non-hydrogen) atoms.